The molecule has 0 saturated carbocycles. The third kappa shape index (κ3) is 3.83. The molecule has 2 unspecified atom stereocenters. The highest BCUT2D eigenvalue weighted by Gasteiger charge is 2.22. The van der Waals surface area contributed by atoms with Crippen molar-refractivity contribution in [3.63, 3.8) is 0 Å². The number of nitrogens with one attached hydrogen (secondary N) is 1. The van der Waals surface area contributed by atoms with Gasteiger partial charge in [0.1, 0.15) is 11.5 Å². The summed E-state index contributed by atoms with van der Waals surface area (Å²) < 4.78 is 13.9. The average Bonchev–Trinajstić information content (AvgIpc) is 2.55. The molecule has 2 aromatic rings. The number of carboxylic acids is 1. The molecule has 1 heterocycles. The molecule has 0 fully saturated rings. The molecule has 24 heavy (non-hydrogen) atoms. The fourth-order valence-electron chi connectivity index (χ4n) is 1.92. The Labute approximate surface area is 136 Å². The van der Waals surface area contributed by atoms with E-state index in [4.69, 9.17) is 5.11 Å². The summed E-state index contributed by atoms with van der Waals surface area (Å²) in [5.41, 5.74) is -0.225. The van der Waals surface area contributed by atoms with Gasteiger partial charge in [0.05, 0.1) is 11.6 Å². The van der Waals surface area contributed by atoms with Gasteiger partial charge in [0.2, 0.25) is 0 Å². The first kappa shape index (κ1) is 17.3. The van der Waals surface area contributed by atoms with Crippen molar-refractivity contribution in [2.75, 3.05) is 0 Å². The molecule has 1 amide bonds. The lowest BCUT2D eigenvalue weighted by atomic mass is 10.0. The number of halogens is 1. The Morgan fingerprint density at radius 1 is 1.17 bits per heavy atom. The predicted molar refractivity (Wildman–Crippen MR) is 83.5 cm³/mol. The summed E-state index contributed by atoms with van der Waals surface area (Å²) >= 11 is 0. The third-order valence-electron chi connectivity index (χ3n) is 3.60. The molecule has 0 aliphatic carbocycles. The standard InChI is InChI=1S/C16H16FN3O4/c1-9(16(23)24)10(2)18-15(22)13-7-8-14(21)20(19-13)12-5-3-11(17)4-6-12/h3-10H,1-2H3,(H,18,22)(H,23,24). The highest BCUT2D eigenvalue weighted by atomic mass is 19.1. The lowest BCUT2D eigenvalue weighted by molar-refractivity contribution is -0.141. The molecule has 0 bridgehead atoms. The molecule has 2 N–H and O–H groups in total. The van der Waals surface area contributed by atoms with Crippen LogP contribution in [0.15, 0.2) is 41.2 Å². The lowest BCUT2D eigenvalue weighted by Crippen LogP contribution is -2.41. The molecule has 8 heteroatoms. The van der Waals surface area contributed by atoms with Crippen LogP contribution in [-0.2, 0) is 4.79 Å². The number of hydrogen-bond acceptors (Lipinski definition) is 4. The molecule has 7 nitrogen and oxygen atoms in total. The normalized spacial score (nSPS) is 13.1. The second-order valence-electron chi connectivity index (χ2n) is 5.33. The Balaban J connectivity index is 2.27. The number of carbonyl (C=O) groups is 2. The lowest BCUT2D eigenvalue weighted by Gasteiger charge is -2.17. The van der Waals surface area contributed by atoms with E-state index >= 15 is 0 Å². The van der Waals surface area contributed by atoms with E-state index in [0.29, 0.717) is 5.69 Å². The van der Waals surface area contributed by atoms with E-state index in [-0.39, 0.29) is 5.69 Å². The zero-order chi connectivity index (χ0) is 17.9. The van der Waals surface area contributed by atoms with E-state index in [1.54, 1.807) is 6.92 Å². The summed E-state index contributed by atoms with van der Waals surface area (Å²) in [4.78, 5) is 35.0. The first-order valence-electron chi connectivity index (χ1n) is 7.19. The van der Waals surface area contributed by atoms with Crippen molar-refractivity contribution in [3.05, 3.63) is 58.3 Å². The molecular formula is C16H16FN3O4. The molecule has 0 saturated heterocycles. The zero-order valence-corrected chi connectivity index (χ0v) is 13.1. The summed E-state index contributed by atoms with van der Waals surface area (Å²) in [6.07, 6.45) is 0. The van der Waals surface area contributed by atoms with E-state index in [9.17, 15) is 18.8 Å². The Bertz CT molecular complexity index is 817. The van der Waals surface area contributed by atoms with Gasteiger partial charge in [-0.25, -0.2) is 4.39 Å². The van der Waals surface area contributed by atoms with Gasteiger partial charge in [0.25, 0.3) is 11.5 Å². The molecule has 2 rings (SSSR count). The Morgan fingerprint density at radius 2 is 1.79 bits per heavy atom. The average molecular weight is 333 g/mol. The van der Waals surface area contributed by atoms with Crippen molar-refractivity contribution >= 4 is 11.9 Å². The van der Waals surface area contributed by atoms with Crippen molar-refractivity contribution in [1.29, 1.82) is 0 Å². The number of hydrogen-bond donors (Lipinski definition) is 2. The largest absolute Gasteiger partial charge is 0.481 e. The fraction of sp³-hybridized carbons (Fsp3) is 0.250. The minimum absolute atomic E-state index is 0.0524. The summed E-state index contributed by atoms with van der Waals surface area (Å²) in [6, 6.07) is 6.86. The van der Waals surface area contributed by atoms with E-state index in [0.717, 1.165) is 10.7 Å². The maximum Gasteiger partial charge on any atom is 0.308 e. The number of rotatable bonds is 5. The van der Waals surface area contributed by atoms with Gasteiger partial charge in [-0.05, 0) is 44.2 Å². The Kier molecular flexibility index (Phi) is 5.08. The van der Waals surface area contributed by atoms with Crippen molar-refractivity contribution in [3.8, 4) is 5.69 Å². The van der Waals surface area contributed by atoms with E-state index in [1.807, 2.05) is 0 Å². The highest BCUT2D eigenvalue weighted by Crippen LogP contribution is 2.07. The van der Waals surface area contributed by atoms with Crippen LogP contribution in [0, 0.1) is 11.7 Å². The van der Waals surface area contributed by atoms with Gasteiger partial charge in [-0.15, -0.1) is 0 Å². The van der Waals surface area contributed by atoms with Gasteiger partial charge in [-0.2, -0.15) is 9.78 Å². The summed E-state index contributed by atoms with van der Waals surface area (Å²) in [5, 5.41) is 15.4. The van der Waals surface area contributed by atoms with Crippen LogP contribution in [0.5, 0.6) is 0 Å². The van der Waals surface area contributed by atoms with Crippen LogP contribution < -0.4 is 10.9 Å². The Morgan fingerprint density at radius 3 is 2.38 bits per heavy atom. The number of aromatic nitrogens is 2. The van der Waals surface area contributed by atoms with Gasteiger partial charge < -0.3 is 10.4 Å². The van der Waals surface area contributed by atoms with Crippen LogP contribution >= 0.6 is 0 Å². The summed E-state index contributed by atoms with van der Waals surface area (Å²) in [7, 11) is 0. The Hall–Kier alpha value is -3.03. The molecule has 126 valence electrons. The van der Waals surface area contributed by atoms with Crippen molar-refractivity contribution in [2.24, 2.45) is 5.92 Å². The van der Waals surface area contributed by atoms with Crippen LogP contribution in [0.2, 0.25) is 0 Å². The van der Waals surface area contributed by atoms with E-state index in [1.165, 1.54) is 37.3 Å². The maximum absolute atomic E-state index is 13.0. The quantitative estimate of drug-likeness (QED) is 0.856. The van der Waals surface area contributed by atoms with Crippen LogP contribution in [0.1, 0.15) is 24.3 Å². The topological polar surface area (TPSA) is 101 Å². The van der Waals surface area contributed by atoms with Crippen molar-refractivity contribution < 1.29 is 19.1 Å². The monoisotopic (exact) mass is 333 g/mol. The zero-order valence-electron chi connectivity index (χ0n) is 13.1. The molecule has 2 atom stereocenters. The number of benzene rings is 1. The second kappa shape index (κ2) is 7.03. The van der Waals surface area contributed by atoms with Crippen LogP contribution in [0.4, 0.5) is 4.39 Å². The van der Waals surface area contributed by atoms with Crippen LogP contribution in [0.3, 0.4) is 0 Å². The minimum atomic E-state index is -1.04. The first-order chi connectivity index (χ1) is 11.3. The molecule has 1 aromatic heterocycles. The summed E-state index contributed by atoms with van der Waals surface area (Å²) in [6.45, 7) is 3.03. The number of aliphatic carboxylic acids is 1. The van der Waals surface area contributed by atoms with Gasteiger partial charge in [0.15, 0.2) is 0 Å². The van der Waals surface area contributed by atoms with Crippen LogP contribution in [-0.4, -0.2) is 32.8 Å². The maximum atomic E-state index is 13.0. The number of amides is 1. The van der Waals surface area contributed by atoms with Crippen molar-refractivity contribution in [2.45, 2.75) is 19.9 Å². The van der Waals surface area contributed by atoms with E-state index in [2.05, 4.69) is 10.4 Å². The molecule has 0 spiro atoms. The van der Waals surface area contributed by atoms with Gasteiger partial charge in [-0.1, -0.05) is 0 Å². The van der Waals surface area contributed by atoms with Gasteiger partial charge >= 0.3 is 5.97 Å². The van der Waals surface area contributed by atoms with Gasteiger partial charge in [-0.3, -0.25) is 14.4 Å². The predicted octanol–water partition coefficient (Wildman–Crippen LogP) is 1.21. The second-order valence-corrected chi connectivity index (χ2v) is 5.33. The third-order valence-corrected chi connectivity index (χ3v) is 3.60. The number of nitrogens with zero attached hydrogens (tertiary/aromatic N) is 2. The first-order valence-corrected chi connectivity index (χ1v) is 7.19. The van der Waals surface area contributed by atoms with Crippen molar-refractivity contribution in [1.82, 2.24) is 15.1 Å². The SMILES string of the molecule is CC(NC(=O)c1ccc(=O)n(-c2ccc(F)cc2)n1)C(C)C(=O)O. The minimum Gasteiger partial charge on any atom is -0.481 e. The van der Waals surface area contributed by atoms with Crippen LogP contribution in [0.25, 0.3) is 5.69 Å². The van der Waals surface area contributed by atoms with Gasteiger partial charge in [0, 0.05) is 12.1 Å². The molecule has 0 radical (unpaired) electrons. The molecule has 1 aromatic carbocycles. The molecular weight excluding hydrogens is 317 g/mol. The smallest absolute Gasteiger partial charge is 0.308 e. The molecule has 0 aliphatic rings. The summed E-state index contributed by atoms with van der Waals surface area (Å²) in [5.74, 6) is -2.88. The molecule has 0 aliphatic heterocycles. The highest BCUT2D eigenvalue weighted by molar-refractivity contribution is 5.92. The fourth-order valence-corrected chi connectivity index (χ4v) is 1.92. The number of carboxylic acid groups (broad SMARTS) is 1. The number of carbonyl (C=O) groups excluding carboxylic acids is 1. The van der Waals surface area contributed by atoms with E-state index < -0.39 is 35.2 Å².